The molecule has 1 heterocycles. The van der Waals surface area contributed by atoms with Crippen molar-refractivity contribution in [3.8, 4) is 0 Å². The molecular formula is C21H24F3N3O2. The topological polar surface area (TPSA) is 55.8 Å². The third-order valence-corrected chi connectivity index (χ3v) is 5.17. The van der Waals surface area contributed by atoms with Crippen LogP contribution in [0.3, 0.4) is 0 Å². The number of benzene rings is 2. The minimum Gasteiger partial charge on any atom is -0.465 e. The van der Waals surface area contributed by atoms with Crippen LogP contribution in [0, 0.1) is 0 Å². The molecule has 0 bridgehead atoms. The van der Waals surface area contributed by atoms with Crippen molar-refractivity contribution in [2.45, 2.75) is 18.6 Å². The summed E-state index contributed by atoms with van der Waals surface area (Å²) < 4.78 is 38.1. The molecule has 0 radical (unpaired) electrons. The summed E-state index contributed by atoms with van der Waals surface area (Å²) in [6, 6.07) is 14.5. The highest BCUT2D eigenvalue weighted by molar-refractivity contribution is 5.65. The summed E-state index contributed by atoms with van der Waals surface area (Å²) in [5.74, 6) is 0. The third kappa shape index (κ3) is 5.87. The van der Waals surface area contributed by atoms with Gasteiger partial charge in [-0.3, -0.25) is 4.90 Å². The molecule has 2 aromatic carbocycles. The molecule has 0 aliphatic carbocycles. The summed E-state index contributed by atoms with van der Waals surface area (Å²) in [5, 5.41) is 11.7. The summed E-state index contributed by atoms with van der Waals surface area (Å²) >= 11 is 0. The number of anilines is 1. The zero-order valence-corrected chi connectivity index (χ0v) is 15.9. The van der Waals surface area contributed by atoms with Crippen molar-refractivity contribution in [3.05, 3.63) is 65.7 Å². The predicted molar refractivity (Wildman–Crippen MR) is 105 cm³/mol. The Morgan fingerprint density at radius 2 is 1.62 bits per heavy atom. The van der Waals surface area contributed by atoms with Crippen LogP contribution in [0.15, 0.2) is 54.6 Å². The number of alkyl halides is 3. The lowest BCUT2D eigenvalue weighted by Gasteiger charge is -2.36. The van der Waals surface area contributed by atoms with Crippen LogP contribution in [-0.2, 0) is 6.18 Å². The monoisotopic (exact) mass is 407 g/mol. The van der Waals surface area contributed by atoms with Crippen LogP contribution in [0.4, 0.5) is 23.7 Å². The highest BCUT2D eigenvalue weighted by Crippen LogP contribution is 2.30. The van der Waals surface area contributed by atoms with Crippen molar-refractivity contribution in [3.63, 3.8) is 0 Å². The van der Waals surface area contributed by atoms with Crippen molar-refractivity contribution in [1.82, 2.24) is 10.2 Å². The lowest BCUT2D eigenvalue weighted by molar-refractivity contribution is -0.137. The molecule has 1 aliphatic rings. The number of piperazine rings is 1. The fraction of sp³-hybridized carbons (Fsp3) is 0.381. The average molecular weight is 407 g/mol. The minimum absolute atomic E-state index is 0.276. The Bertz CT molecular complexity index is 789. The second kappa shape index (κ2) is 9.17. The van der Waals surface area contributed by atoms with Gasteiger partial charge in [-0.25, -0.2) is 4.79 Å². The molecule has 0 spiro atoms. The largest absolute Gasteiger partial charge is 0.465 e. The van der Waals surface area contributed by atoms with E-state index in [-0.39, 0.29) is 6.04 Å². The smallest absolute Gasteiger partial charge is 0.416 e. The second-order valence-corrected chi connectivity index (χ2v) is 7.07. The molecule has 0 saturated carbocycles. The normalized spacial score (nSPS) is 16.4. The number of nitrogens with zero attached hydrogens (tertiary/aromatic N) is 2. The summed E-state index contributed by atoms with van der Waals surface area (Å²) in [5.41, 5.74) is 1.07. The van der Waals surface area contributed by atoms with Crippen LogP contribution in [0.5, 0.6) is 0 Å². The molecule has 156 valence electrons. The molecule has 2 aromatic rings. The number of carboxylic acid groups (broad SMARTS) is 1. The van der Waals surface area contributed by atoms with E-state index < -0.39 is 17.8 Å². The average Bonchev–Trinajstić information content (AvgIpc) is 2.71. The van der Waals surface area contributed by atoms with E-state index in [1.165, 1.54) is 12.1 Å². The van der Waals surface area contributed by atoms with Gasteiger partial charge in [-0.1, -0.05) is 30.3 Å². The Hall–Kier alpha value is -2.74. The summed E-state index contributed by atoms with van der Waals surface area (Å²) in [6.45, 7) is 3.72. The van der Waals surface area contributed by atoms with Crippen LogP contribution in [0.2, 0.25) is 0 Å². The van der Waals surface area contributed by atoms with E-state index in [1.54, 1.807) is 0 Å². The zero-order chi connectivity index (χ0) is 20.9. The van der Waals surface area contributed by atoms with Gasteiger partial charge in [0.1, 0.15) is 0 Å². The van der Waals surface area contributed by atoms with Gasteiger partial charge in [-0.15, -0.1) is 0 Å². The van der Waals surface area contributed by atoms with Gasteiger partial charge in [-0.05, 0) is 36.2 Å². The molecule has 5 nitrogen and oxygen atoms in total. The maximum atomic E-state index is 12.7. The Balaban J connectivity index is 1.52. The van der Waals surface area contributed by atoms with E-state index in [1.807, 2.05) is 30.3 Å². The van der Waals surface area contributed by atoms with E-state index in [0.717, 1.165) is 43.0 Å². The number of hydrogen-bond donors (Lipinski definition) is 2. The first kappa shape index (κ1) is 21.0. The Labute approximate surface area is 167 Å². The van der Waals surface area contributed by atoms with Gasteiger partial charge in [-0.2, -0.15) is 13.2 Å². The summed E-state index contributed by atoms with van der Waals surface area (Å²) in [7, 11) is 0. The molecular weight excluding hydrogens is 383 g/mol. The zero-order valence-electron chi connectivity index (χ0n) is 15.9. The lowest BCUT2D eigenvalue weighted by Crippen LogP contribution is -2.47. The summed E-state index contributed by atoms with van der Waals surface area (Å²) in [6.07, 6.45) is -4.72. The highest BCUT2D eigenvalue weighted by atomic mass is 19.4. The van der Waals surface area contributed by atoms with E-state index in [2.05, 4.69) is 15.1 Å². The van der Waals surface area contributed by atoms with Gasteiger partial charge in [0, 0.05) is 38.4 Å². The van der Waals surface area contributed by atoms with E-state index >= 15 is 0 Å². The number of amides is 1. The number of carbonyl (C=O) groups is 1. The van der Waals surface area contributed by atoms with Crippen LogP contribution in [0.25, 0.3) is 0 Å². The molecule has 8 heteroatoms. The van der Waals surface area contributed by atoms with Crippen molar-refractivity contribution < 1.29 is 23.1 Å². The molecule has 1 saturated heterocycles. The van der Waals surface area contributed by atoms with Crippen molar-refractivity contribution >= 4 is 11.8 Å². The molecule has 29 heavy (non-hydrogen) atoms. The standard InChI is InChI=1S/C21H24F3N3O2/c22-21(23,24)17-6-8-18(9-7-17)27-14-12-26(13-15-27)11-10-19(25-20(28)29)16-4-2-1-3-5-16/h1-9,19,25H,10-15H2,(H,28,29). The summed E-state index contributed by atoms with van der Waals surface area (Å²) in [4.78, 5) is 15.4. The number of rotatable bonds is 6. The van der Waals surface area contributed by atoms with Crippen LogP contribution in [0.1, 0.15) is 23.6 Å². The molecule has 1 atom stereocenters. The van der Waals surface area contributed by atoms with Crippen molar-refractivity contribution in [2.75, 3.05) is 37.6 Å². The fourth-order valence-corrected chi connectivity index (χ4v) is 3.56. The van der Waals surface area contributed by atoms with Crippen molar-refractivity contribution in [2.24, 2.45) is 0 Å². The Kier molecular flexibility index (Phi) is 6.64. The third-order valence-electron chi connectivity index (χ3n) is 5.17. The quantitative estimate of drug-likeness (QED) is 0.753. The van der Waals surface area contributed by atoms with Crippen LogP contribution >= 0.6 is 0 Å². The lowest BCUT2D eigenvalue weighted by atomic mass is 10.0. The predicted octanol–water partition coefficient (Wildman–Crippen LogP) is 4.23. The first-order chi connectivity index (χ1) is 13.8. The maximum absolute atomic E-state index is 12.7. The molecule has 1 amide bonds. The maximum Gasteiger partial charge on any atom is 0.416 e. The highest BCUT2D eigenvalue weighted by Gasteiger charge is 2.30. The molecule has 3 rings (SSSR count). The van der Waals surface area contributed by atoms with Gasteiger partial charge in [0.2, 0.25) is 0 Å². The molecule has 0 aromatic heterocycles. The van der Waals surface area contributed by atoms with E-state index in [9.17, 15) is 18.0 Å². The van der Waals surface area contributed by atoms with E-state index in [0.29, 0.717) is 19.5 Å². The van der Waals surface area contributed by atoms with Gasteiger partial charge in [0.05, 0.1) is 11.6 Å². The number of hydrogen-bond acceptors (Lipinski definition) is 3. The van der Waals surface area contributed by atoms with Crippen LogP contribution < -0.4 is 10.2 Å². The van der Waals surface area contributed by atoms with E-state index in [4.69, 9.17) is 5.11 Å². The molecule has 1 unspecified atom stereocenters. The van der Waals surface area contributed by atoms with Gasteiger partial charge >= 0.3 is 12.3 Å². The molecule has 1 fully saturated rings. The van der Waals surface area contributed by atoms with Crippen LogP contribution in [-0.4, -0.2) is 48.8 Å². The first-order valence-electron chi connectivity index (χ1n) is 9.52. The minimum atomic E-state index is -4.32. The first-order valence-corrected chi connectivity index (χ1v) is 9.52. The van der Waals surface area contributed by atoms with Gasteiger partial charge in [0.25, 0.3) is 0 Å². The SMILES string of the molecule is O=C(O)NC(CCN1CCN(c2ccc(C(F)(F)F)cc2)CC1)c1ccccc1. The molecule has 1 aliphatic heterocycles. The number of halogens is 3. The fourth-order valence-electron chi connectivity index (χ4n) is 3.56. The van der Waals surface area contributed by atoms with Gasteiger partial charge < -0.3 is 15.3 Å². The molecule has 2 N–H and O–H groups in total. The van der Waals surface area contributed by atoms with Gasteiger partial charge in [0.15, 0.2) is 0 Å². The Morgan fingerprint density at radius 3 is 2.17 bits per heavy atom. The number of nitrogens with one attached hydrogen (secondary N) is 1. The second-order valence-electron chi connectivity index (χ2n) is 7.07. The van der Waals surface area contributed by atoms with Crippen molar-refractivity contribution in [1.29, 1.82) is 0 Å². The Morgan fingerprint density at radius 1 is 1.00 bits per heavy atom.